The van der Waals surface area contributed by atoms with Gasteiger partial charge in [-0.05, 0) is 36.6 Å². The third-order valence-corrected chi connectivity index (χ3v) is 6.87. The molecule has 8 nitrogen and oxygen atoms in total. The van der Waals surface area contributed by atoms with Gasteiger partial charge in [-0.1, -0.05) is 19.9 Å². The number of ether oxygens (including phenoxy) is 2. The van der Waals surface area contributed by atoms with Crippen molar-refractivity contribution in [1.29, 1.82) is 0 Å². The number of rotatable bonds is 9. The minimum absolute atomic E-state index is 0.124. The van der Waals surface area contributed by atoms with Gasteiger partial charge in [-0.2, -0.15) is 5.10 Å². The van der Waals surface area contributed by atoms with Gasteiger partial charge < -0.3 is 14.8 Å². The number of carbonyl (C=O) groups excluding carboxylic acids is 1. The van der Waals surface area contributed by atoms with Gasteiger partial charge in [-0.3, -0.25) is 14.0 Å². The Kier molecular flexibility index (Phi) is 6.69. The summed E-state index contributed by atoms with van der Waals surface area (Å²) in [6.07, 6.45) is 2.20. The highest BCUT2D eigenvalue weighted by atomic mass is 32.1. The molecule has 0 fully saturated rings. The monoisotopic (exact) mass is 468 g/mol. The van der Waals surface area contributed by atoms with Crippen LogP contribution in [0.2, 0.25) is 0 Å². The van der Waals surface area contributed by atoms with Gasteiger partial charge in [-0.25, -0.2) is 4.68 Å². The highest BCUT2D eigenvalue weighted by Gasteiger charge is 2.17. The number of thiophene rings is 1. The Morgan fingerprint density at radius 3 is 2.61 bits per heavy atom. The zero-order valence-electron chi connectivity index (χ0n) is 19.3. The van der Waals surface area contributed by atoms with Gasteiger partial charge in [0.1, 0.15) is 29.4 Å². The molecule has 0 atom stereocenters. The molecule has 174 valence electrons. The second-order valence-corrected chi connectivity index (χ2v) is 8.86. The minimum atomic E-state index is -0.263. The van der Waals surface area contributed by atoms with E-state index in [-0.39, 0.29) is 18.0 Å². The van der Waals surface area contributed by atoms with Gasteiger partial charge in [-0.15, -0.1) is 11.3 Å². The summed E-state index contributed by atoms with van der Waals surface area (Å²) in [5, 5.41) is 7.38. The van der Waals surface area contributed by atoms with Crippen molar-refractivity contribution < 1.29 is 14.3 Å². The minimum Gasteiger partial charge on any atom is -0.497 e. The number of amides is 1. The first kappa shape index (κ1) is 22.8. The molecule has 0 aliphatic rings. The standard InChI is InChI=1S/C24H28N4O4S/c1-5-17-12-18-21(33-17)13-19-24(30)27(26-22(6-2)28(18)19)14-23(29)25-10-9-15-7-8-16(31-3)11-20(15)32-4/h7-8,11-13H,5-6,9-10,14H2,1-4H3,(H,25,29). The molecular formula is C24H28N4O4S. The average Bonchev–Trinajstić information content (AvgIpc) is 3.39. The predicted octanol–water partition coefficient (Wildman–Crippen LogP) is 3.21. The van der Waals surface area contributed by atoms with Crippen molar-refractivity contribution in [3.63, 3.8) is 0 Å². The molecule has 0 spiro atoms. The highest BCUT2D eigenvalue weighted by molar-refractivity contribution is 7.19. The van der Waals surface area contributed by atoms with Gasteiger partial charge in [0.05, 0.1) is 24.4 Å². The smallest absolute Gasteiger partial charge is 0.291 e. The van der Waals surface area contributed by atoms with Gasteiger partial charge >= 0.3 is 0 Å². The predicted molar refractivity (Wildman–Crippen MR) is 130 cm³/mol. The molecule has 0 unspecified atom stereocenters. The van der Waals surface area contributed by atoms with E-state index in [1.807, 2.05) is 35.6 Å². The molecule has 1 N–H and O–H groups in total. The summed E-state index contributed by atoms with van der Waals surface area (Å²) in [4.78, 5) is 26.9. The fraction of sp³-hybridized carbons (Fsp3) is 0.375. The Balaban J connectivity index is 1.50. The summed E-state index contributed by atoms with van der Waals surface area (Å²) in [6.45, 7) is 4.41. The van der Waals surface area contributed by atoms with E-state index in [1.54, 1.807) is 25.6 Å². The largest absolute Gasteiger partial charge is 0.497 e. The van der Waals surface area contributed by atoms with Crippen molar-refractivity contribution >= 4 is 33.0 Å². The van der Waals surface area contributed by atoms with E-state index < -0.39 is 0 Å². The van der Waals surface area contributed by atoms with Crippen LogP contribution in [-0.2, 0) is 30.6 Å². The normalized spacial score (nSPS) is 11.3. The number of carbonyl (C=O) groups is 1. The quantitative estimate of drug-likeness (QED) is 0.408. The van der Waals surface area contributed by atoms with Crippen LogP contribution in [0.15, 0.2) is 35.1 Å². The molecule has 1 aromatic carbocycles. The Bertz CT molecular complexity index is 1370. The van der Waals surface area contributed by atoms with E-state index in [0.717, 1.165) is 28.0 Å². The number of aromatic nitrogens is 3. The SMILES string of the molecule is CCc1cc2c(cc3c(=O)n(CC(=O)NCCc4ccc(OC)cc4OC)nc(CC)n32)s1. The molecule has 0 radical (unpaired) electrons. The topological polar surface area (TPSA) is 86.9 Å². The summed E-state index contributed by atoms with van der Waals surface area (Å²) in [7, 11) is 3.21. The molecule has 4 rings (SSSR count). The third kappa shape index (κ3) is 4.45. The fourth-order valence-electron chi connectivity index (χ4n) is 3.94. The van der Waals surface area contributed by atoms with Gasteiger partial charge in [0.2, 0.25) is 5.91 Å². The van der Waals surface area contributed by atoms with Crippen LogP contribution < -0.4 is 20.3 Å². The number of aryl methyl sites for hydroxylation is 2. The Hall–Kier alpha value is -3.33. The Morgan fingerprint density at radius 1 is 1.09 bits per heavy atom. The molecule has 1 amide bonds. The lowest BCUT2D eigenvalue weighted by Gasteiger charge is -2.12. The van der Waals surface area contributed by atoms with Crippen molar-refractivity contribution in [3.8, 4) is 11.5 Å². The molecule has 0 saturated heterocycles. The van der Waals surface area contributed by atoms with Crippen molar-refractivity contribution in [2.24, 2.45) is 0 Å². The molecular weight excluding hydrogens is 440 g/mol. The Morgan fingerprint density at radius 2 is 1.91 bits per heavy atom. The molecule has 9 heteroatoms. The fourth-order valence-corrected chi connectivity index (χ4v) is 4.96. The first-order valence-electron chi connectivity index (χ1n) is 11.0. The second-order valence-electron chi connectivity index (χ2n) is 7.69. The highest BCUT2D eigenvalue weighted by Crippen LogP contribution is 2.29. The number of hydrogen-bond donors (Lipinski definition) is 1. The molecule has 0 aliphatic carbocycles. The molecule has 33 heavy (non-hydrogen) atoms. The number of benzene rings is 1. The van der Waals surface area contributed by atoms with Crippen LogP contribution in [0.1, 0.15) is 30.1 Å². The summed E-state index contributed by atoms with van der Waals surface area (Å²) >= 11 is 1.69. The number of methoxy groups -OCH3 is 2. The molecule has 0 saturated carbocycles. The average molecular weight is 469 g/mol. The summed E-state index contributed by atoms with van der Waals surface area (Å²) in [5.41, 5.74) is 2.27. The van der Waals surface area contributed by atoms with Gasteiger partial charge in [0.25, 0.3) is 5.56 Å². The van der Waals surface area contributed by atoms with E-state index in [9.17, 15) is 9.59 Å². The summed E-state index contributed by atoms with van der Waals surface area (Å²) in [5.74, 6) is 1.92. The van der Waals surface area contributed by atoms with E-state index in [0.29, 0.717) is 36.4 Å². The third-order valence-electron chi connectivity index (χ3n) is 5.66. The van der Waals surface area contributed by atoms with E-state index in [4.69, 9.17) is 9.47 Å². The maximum absolute atomic E-state index is 13.1. The van der Waals surface area contributed by atoms with Crippen LogP contribution in [0.25, 0.3) is 15.7 Å². The van der Waals surface area contributed by atoms with E-state index in [1.165, 1.54) is 9.56 Å². The number of hydrogen-bond acceptors (Lipinski definition) is 6. The molecule has 3 heterocycles. The van der Waals surface area contributed by atoms with Crippen LogP contribution in [0, 0.1) is 0 Å². The Labute approximate surface area is 195 Å². The first-order chi connectivity index (χ1) is 16.0. The van der Waals surface area contributed by atoms with Crippen LogP contribution in [0.4, 0.5) is 0 Å². The summed E-state index contributed by atoms with van der Waals surface area (Å²) in [6, 6.07) is 9.62. The van der Waals surface area contributed by atoms with Crippen molar-refractivity contribution in [2.45, 2.75) is 39.7 Å². The van der Waals surface area contributed by atoms with Crippen LogP contribution in [-0.4, -0.2) is 40.9 Å². The lowest BCUT2D eigenvalue weighted by molar-refractivity contribution is -0.121. The molecule has 0 bridgehead atoms. The van der Waals surface area contributed by atoms with E-state index in [2.05, 4.69) is 23.4 Å². The van der Waals surface area contributed by atoms with Crippen molar-refractivity contribution in [1.82, 2.24) is 19.5 Å². The second kappa shape index (κ2) is 9.66. The molecule has 3 aromatic heterocycles. The lowest BCUT2D eigenvalue weighted by atomic mass is 10.1. The maximum atomic E-state index is 13.1. The zero-order valence-corrected chi connectivity index (χ0v) is 20.1. The number of nitrogens with zero attached hydrogens (tertiary/aromatic N) is 3. The lowest BCUT2D eigenvalue weighted by Crippen LogP contribution is -2.36. The zero-order chi connectivity index (χ0) is 23.5. The van der Waals surface area contributed by atoms with Gasteiger partial charge in [0, 0.05) is 23.9 Å². The van der Waals surface area contributed by atoms with Crippen LogP contribution in [0.5, 0.6) is 11.5 Å². The maximum Gasteiger partial charge on any atom is 0.291 e. The first-order valence-corrected chi connectivity index (χ1v) is 11.8. The summed E-state index contributed by atoms with van der Waals surface area (Å²) < 4.78 is 14.9. The van der Waals surface area contributed by atoms with E-state index >= 15 is 0 Å². The molecule has 4 aromatic rings. The van der Waals surface area contributed by atoms with Crippen LogP contribution >= 0.6 is 11.3 Å². The van der Waals surface area contributed by atoms with Gasteiger partial charge in [0.15, 0.2) is 0 Å². The number of fused-ring (bicyclic) bond motifs is 3. The molecule has 0 aliphatic heterocycles. The van der Waals surface area contributed by atoms with Crippen LogP contribution in [0.3, 0.4) is 0 Å². The number of nitrogens with one attached hydrogen (secondary N) is 1. The van der Waals surface area contributed by atoms with Crippen molar-refractivity contribution in [3.05, 3.63) is 57.0 Å². The van der Waals surface area contributed by atoms with Crippen molar-refractivity contribution in [2.75, 3.05) is 20.8 Å².